The van der Waals surface area contributed by atoms with E-state index in [0.29, 0.717) is 13.0 Å². The van der Waals surface area contributed by atoms with Gasteiger partial charge in [0.1, 0.15) is 5.82 Å². The van der Waals surface area contributed by atoms with Gasteiger partial charge in [-0.2, -0.15) is 0 Å². The molecule has 31 heavy (non-hydrogen) atoms. The van der Waals surface area contributed by atoms with E-state index in [9.17, 15) is 18.8 Å². The maximum atomic E-state index is 14.1. The lowest BCUT2D eigenvalue weighted by Gasteiger charge is -2.55. The van der Waals surface area contributed by atoms with Crippen molar-refractivity contribution in [3.63, 3.8) is 0 Å². The number of anilines is 1. The summed E-state index contributed by atoms with van der Waals surface area (Å²) in [5.74, 6) is -1.12. The summed E-state index contributed by atoms with van der Waals surface area (Å²) in [5.41, 5.74) is 1.25. The molecule has 3 aliphatic rings. The van der Waals surface area contributed by atoms with E-state index < -0.39 is 29.3 Å². The first-order valence-corrected chi connectivity index (χ1v) is 10.5. The van der Waals surface area contributed by atoms with Crippen molar-refractivity contribution in [1.29, 1.82) is 0 Å². The molecular weight excluding hydrogens is 397 g/mol. The fraction of sp³-hybridized carbons (Fsp3) is 0.375. The molecule has 0 N–H and O–H groups in total. The molecule has 3 heterocycles. The van der Waals surface area contributed by atoms with E-state index in [4.69, 9.17) is 0 Å². The van der Waals surface area contributed by atoms with Crippen LogP contribution in [0.4, 0.5) is 14.9 Å². The highest BCUT2D eigenvalue weighted by molar-refractivity contribution is 6.20. The molecule has 2 aromatic rings. The minimum Gasteiger partial charge on any atom is -0.367 e. The highest BCUT2D eigenvalue weighted by Gasteiger charge is 2.63. The lowest BCUT2D eigenvalue weighted by atomic mass is 9.64. The molecule has 0 saturated carbocycles. The van der Waals surface area contributed by atoms with Crippen molar-refractivity contribution in [2.45, 2.75) is 31.2 Å². The summed E-state index contributed by atoms with van der Waals surface area (Å²) >= 11 is 0. The highest BCUT2D eigenvalue weighted by Crippen LogP contribution is 2.50. The zero-order valence-electron chi connectivity index (χ0n) is 17.5. The second-order valence-electron chi connectivity index (χ2n) is 8.77. The number of rotatable bonds is 1. The molecule has 4 amide bonds. The summed E-state index contributed by atoms with van der Waals surface area (Å²) in [7, 11) is 2.86. The number of benzene rings is 2. The van der Waals surface area contributed by atoms with Crippen molar-refractivity contribution in [1.82, 2.24) is 9.80 Å². The molecule has 0 aliphatic carbocycles. The van der Waals surface area contributed by atoms with Crippen LogP contribution >= 0.6 is 0 Å². The van der Waals surface area contributed by atoms with E-state index in [-0.39, 0.29) is 18.2 Å². The normalized spacial score (nSPS) is 25.0. The summed E-state index contributed by atoms with van der Waals surface area (Å²) in [6, 6.07) is 13.5. The van der Waals surface area contributed by atoms with Gasteiger partial charge in [0.05, 0.1) is 6.04 Å². The Kier molecular flexibility index (Phi) is 4.39. The highest BCUT2D eigenvalue weighted by atomic mass is 19.1. The lowest BCUT2D eigenvalue weighted by molar-refractivity contribution is -0.159. The molecule has 0 bridgehead atoms. The zero-order valence-corrected chi connectivity index (χ0v) is 17.5. The van der Waals surface area contributed by atoms with Crippen LogP contribution in [-0.4, -0.2) is 54.3 Å². The lowest BCUT2D eigenvalue weighted by Crippen LogP contribution is -2.72. The van der Waals surface area contributed by atoms with E-state index in [1.807, 2.05) is 23.1 Å². The zero-order chi connectivity index (χ0) is 21.9. The number of urea groups is 1. The van der Waals surface area contributed by atoms with Gasteiger partial charge < -0.3 is 4.90 Å². The second kappa shape index (κ2) is 6.90. The molecule has 3 aliphatic heterocycles. The molecule has 2 aromatic carbocycles. The number of barbiturate groups is 1. The number of piperidine rings is 1. The average Bonchev–Trinajstić information content (AvgIpc) is 2.80. The van der Waals surface area contributed by atoms with Crippen LogP contribution in [0, 0.1) is 11.2 Å². The van der Waals surface area contributed by atoms with Crippen molar-refractivity contribution in [2.75, 3.05) is 25.5 Å². The quantitative estimate of drug-likeness (QED) is 0.664. The smallest absolute Gasteiger partial charge is 0.332 e. The van der Waals surface area contributed by atoms with Gasteiger partial charge in [0, 0.05) is 26.3 Å². The maximum absolute atomic E-state index is 14.1. The van der Waals surface area contributed by atoms with Gasteiger partial charge in [-0.3, -0.25) is 19.4 Å². The third kappa shape index (κ3) is 2.72. The predicted molar refractivity (Wildman–Crippen MR) is 113 cm³/mol. The first-order valence-electron chi connectivity index (χ1n) is 10.5. The summed E-state index contributed by atoms with van der Waals surface area (Å²) in [6.07, 6.45) is 1.57. The number of carbonyl (C=O) groups excluding carboxylic acids is 3. The molecule has 6 nitrogen and oxygen atoms in total. The Bertz CT molecular complexity index is 1060. The minimum absolute atomic E-state index is 0.158. The Balaban J connectivity index is 1.66. The number of fused-ring (bicyclic) bond motifs is 4. The van der Waals surface area contributed by atoms with Gasteiger partial charge in [0.2, 0.25) is 11.8 Å². The Morgan fingerprint density at radius 2 is 1.65 bits per heavy atom. The summed E-state index contributed by atoms with van der Waals surface area (Å²) in [6.45, 7) is 0.602. The summed E-state index contributed by atoms with van der Waals surface area (Å²) < 4.78 is 14.1. The first kappa shape index (κ1) is 19.7. The molecule has 2 saturated heterocycles. The number of nitrogens with zero attached hydrogens (tertiary/aromatic N) is 3. The first-order chi connectivity index (χ1) is 14.8. The molecular formula is C24H24FN3O3. The van der Waals surface area contributed by atoms with Crippen LogP contribution in [0.2, 0.25) is 0 Å². The van der Waals surface area contributed by atoms with Crippen LogP contribution in [0.25, 0.3) is 0 Å². The van der Waals surface area contributed by atoms with Gasteiger partial charge in [-0.25, -0.2) is 9.18 Å². The third-order valence-corrected chi connectivity index (χ3v) is 7.21. The fourth-order valence-electron chi connectivity index (χ4n) is 5.65. The second-order valence-corrected chi connectivity index (χ2v) is 8.77. The molecule has 1 spiro atoms. The predicted octanol–water partition coefficient (Wildman–Crippen LogP) is 3.17. The molecule has 5 rings (SSSR count). The van der Waals surface area contributed by atoms with Crippen LogP contribution in [0.3, 0.4) is 0 Å². The molecule has 0 radical (unpaired) electrons. The number of amides is 4. The maximum Gasteiger partial charge on any atom is 0.332 e. The topological polar surface area (TPSA) is 60.9 Å². The molecule has 160 valence electrons. The minimum atomic E-state index is -1.41. The van der Waals surface area contributed by atoms with Crippen LogP contribution in [0.1, 0.15) is 29.9 Å². The van der Waals surface area contributed by atoms with Gasteiger partial charge in [-0.05, 0) is 48.4 Å². The van der Waals surface area contributed by atoms with Crippen molar-refractivity contribution in [2.24, 2.45) is 5.41 Å². The number of hydrogen-bond donors (Lipinski definition) is 0. The number of carbonyl (C=O) groups is 3. The van der Waals surface area contributed by atoms with Gasteiger partial charge in [0.25, 0.3) is 0 Å². The molecule has 0 aromatic heterocycles. The van der Waals surface area contributed by atoms with E-state index in [1.165, 1.54) is 26.2 Å². The van der Waals surface area contributed by atoms with Gasteiger partial charge in [-0.1, -0.05) is 36.4 Å². The molecule has 7 heteroatoms. The number of imide groups is 2. The van der Waals surface area contributed by atoms with Crippen molar-refractivity contribution < 1.29 is 18.8 Å². The van der Waals surface area contributed by atoms with Crippen molar-refractivity contribution in [3.8, 4) is 0 Å². The Morgan fingerprint density at radius 1 is 0.968 bits per heavy atom. The number of halogens is 1. The van der Waals surface area contributed by atoms with Crippen LogP contribution in [-0.2, 0) is 16.0 Å². The largest absolute Gasteiger partial charge is 0.367 e. The third-order valence-electron chi connectivity index (χ3n) is 7.21. The average molecular weight is 421 g/mol. The van der Waals surface area contributed by atoms with Gasteiger partial charge in [-0.15, -0.1) is 0 Å². The monoisotopic (exact) mass is 421 g/mol. The van der Waals surface area contributed by atoms with Crippen LogP contribution in [0.5, 0.6) is 0 Å². The summed E-state index contributed by atoms with van der Waals surface area (Å²) in [4.78, 5) is 43.8. The van der Waals surface area contributed by atoms with Gasteiger partial charge in [0.15, 0.2) is 5.41 Å². The molecule has 2 atom stereocenters. The summed E-state index contributed by atoms with van der Waals surface area (Å²) in [5, 5.41) is 0. The van der Waals surface area contributed by atoms with Crippen molar-refractivity contribution >= 4 is 23.5 Å². The molecule has 2 fully saturated rings. The van der Waals surface area contributed by atoms with Crippen LogP contribution in [0.15, 0.2) is 48.5 Å². The standard InChI is InChI=1S/C24H24FN3O3/c1-26-21(29)24(22(30)27(2)23(26)31)14-17-8-9-18(25)13-19(17)28-11-10-16(12-20(24)28)15-6-4-3-5-7-15/h3-9,13,16,20H,10-12,14H2,1-2H3/t16-,20+/m0/s1. The van der Waals surface area contributed by atoms with E-state index in [0.717, 1.165) is 33.0 Å². The fourth-order valence-corrected chi connectivity index (χ4v) is 5.65. The Morgan fingerprint density at radius 3 is 2.32 bits per heavy atom. The van der Waals surface area contributed by atoms with Crippen molar-refractivity contribution in [3.05, 3.63) is 65.5 Å². The SMILES string of the molecule is CN1C(=O)N(C)C(=O)C2(Cc3ccc(F)cc3N3CC[C@H](c4ccccc4)C[C@@H]32)C1=O. The number of hydrogen-bond acceptors (Lipinski definition) is 4. The Labute approximate surface area is 180 Å². The Hall–Kier alpha value is -3.22. The van der Waals surface area contributed by atoms with Gasteiger partial charge >= 0.3 is 6.03 Å². The van der Waals surface area contributed by atoms with E-state index in [1.54, 1.807) is 6.07 Å². The van der Waals surface area contributed by atoms with Crippen LogP contribution < -0.4 is 4.90 Å². The van der Waals surface area contributed by atoms with E-state index >= 15 is 0 Å². The van der Waals surface area contributed by atoms with E-state index in [2.05, 4.69) is 12.1 Å². The molecule has 0 unspecified atom stereocenters.